The van der Waals surface area contributed by atoms with Crippen molar-refractivity contribution in [1.82, 2.24) is 5.32 Å². The van der Waals surface area contributed by atoms with E-state index in [4.69, 9.17) is 5.73 Å². The molecule has 160 valence electrons. The summed E-state index contributed by atoms with van der Waals surface area (Å²) in [6, 6.07) is -0.0997. The Morgan fingerprint density at radius 1 is 1.00 bits per heavy atom. The summed E-state index contributed by atoms with van der Waals surface area (Å²) in [4.78, 5) is 12.1. The van der Waals surface area contributed by atoms with Crippen LogP contribution in [0.5, 0.6) is 0 Å². The van der Waals surface area contributed by atoms with Gasteiger partial charge in [-0.25, -0.2) is 0 Å². The van der Waals surface area contributed by atoms with Gasteiger partial charge >= 0.3 is 0 Å². The molecule has 0 aliphatic heterocycles. The monoisotopic (exact) mass is 390 g/mol. The summed E-state index contributed by atoms with van der Waals surface area (Å²) in [6.07, 6.45) is 11.2. The first-order valence-corrected chi connectivity index (χ1v) is 11.9. The van der Waals surface area contributed by atoms with Crippen molar-refractivity contribution in [2.24, 2.45) is 46.2 Å². The summed E-state index contributed by atoms with van der Waals surface area (Å²) in [5, 5.41) is 13.6. The lowest BCUT2D eigenvalue weighted by atomic mass is 9.44. The van der Waals surface area contributed by atoms with E-state index in [0.717, 1.165) is 36.5 Å². The number of nitrogens with two attached hydrogens (primary N) is 1. The topological polar surface area (TPSA) is 75.4 Å². The minimum Gasteiger partial charge on any atom is -0.393 e. The molecule has 0 radical (unpaired) electrons. The van der Waals surface area contributed by atoms with Gasteiger partial charge in [0.25, 0.3) is 0 Å². The normalized spacial score (nSPS) is 50.1. The van der Waals surface area contributed by atoms with E-state index in [1.807, 2.05) is 6.92 Å². The predicted octanol–water partition coefficient (Wildman–Crippen LogP) is 3.86. The highest BCUT2D eigenvalue weighted by atomic mass is 16.3. The second-order valence-corrected chi connectivity index (χ2v) is 11.4. The van der Waals surface area contributed by atoms with Crippen molar-refractivity contribution in [3.63, 3.8) is 0 Å². The zero-order chi connectivity index (χ0) is 20.3. The number of fused-ring (bicyclic) bond motifs is 5. The van der Waals surface area contributed by atoms with Gasteiger partial charge in [-0.1, -0.05) is 13.8 Å². The van der Waals surface area contributed by atoms with E-state index in [0.29, 0.717) is 22.8 Å². The van der Waals surface area contributed by atoms with E-state index >= 15 is 0 Å². The fourth-order valence-corrected chi connectivity index (χ4v) is 8.55. The Bertz CT molecular complexity index is 605. The van der Waals surface area contributed by atoms with Gasteiger partial charge in [0.2, 0.25) is 5.91 Å². The van der Waals surface area contributed by atoms with Crippen molar-refractivity contribution in [2.45, 2.75) is 104 Å². The van der Waals surface area contributed by atoms with Crippen molar-refractivity contribution < 1.29 is 9.90 Å². The quantitative estimate of drug-likeness (QED) is 0.685. The molecule has 3 unspecified atom stereocenters. The fourth-order valence-electron chi connectivity index (χ4n) is 8.55. The molecule has 1 amide bonds. The number of rotatable bonds is 3. The molecule has 0 bridgehead atoms. The molecule has 0 aromatic rings. The van der Waals surface area contributed by atoms with Crippen LogP contribution < -0.4 is 11.1 Å². The molecule has 4 saturated carbocycles. The van der Waals surface area contributed by atoms with Gasteiger partial charge in [-0.3, -0.25) is 4.79 Å². The maximum Gasteiger partial charge on any atom is 0.236 e. The Morgan fingerprint density at radius 2 is 1.68 bits per heavy atom. The van der Waals surface area contributed by atoms with Crippen LogP contribution in [0.3, 0.4) is 0 Å². The molecule has 0 saturated heterocycles. The summed E-state index contributed by atoms with van der Waals surface area (Å²) >= 11 is 0. The third kappa shape index (κ3) is 3.14. The smallest absolute Gasteiger partial charge is 0.236 e. The molecule has 0 aromatic heterocycles. The highest BCUT2D eigenvalue weighted by Crippen LogP contribution is 2.67. The molecular formula is C24H42N2O2. The van der Waals surface area contributed by atoms with Crippen molar-refractivity contribution in [3.8, 4) is 0 Å². The molecule has 4 N–H and O–H groups in total. The molecule has 4 heteroatoms. The molecule has 4 fully saturated rings. The highest BCUT2D eigenvalue weighted by molar-refractivity contribution is 5.81. The van der Waals surface area contributed by atoms with Crippen molar-refractivity contribution in [2.75, 3.05) is 0 Å². The van der Waals surface area contributed by atoms with Gasteiger partial charge in [0, 0.05) is 6.04 Å². The van der Waals surface area contributed by atoms with E-state index in [2.05, 4.69) is 19.2 Å². The lowest BCUT2D eigenvalue weighted by Crippen LogP contribution is -2.56. The Labute approximate surface area is 171 Å². The Hall–Kier alpha value is -0.610. The molecule has 28 heavy (non-hydrogen) atoms. The molecule has 0 aromatic carbocycles. The van der Waals surface area contributed by atoms with E-state index in [1.165, 1.54) is 44.9 Å². The first-order chi connectivity index (χ1) is 13.2. The van der Waals surface area contributed by atoms with Crippen molar-refractivity contribution in [3.05, 3.63) is 0 Å². The first kappa shape index (κ1) is 20.7. The lowest BCUT2D eigenvalue weighted by molar-refractivity contribution is -0.130. The van der Waals surface area contributed by atoms with Crippen molar-refractivity contribution >= 4 is 5.91 Å². The molecule has 0 spiro atoms. The SMILES string of the molecule is C[C@H](N)C(=O)N[C@@H]1CC[C@]2(C)C3CC[C@@]4(C)C(CC[C@@H]4[C@H](C)O)C3CC[C@H]2C1. The van der Waals surface area contributed by atoms with Crippen LogP contribution in [0, 0.1) is 40.4 Å². The maximum atomic E-state index is 12.1. The van der Waals surface area contributed by atoms with Crippen LogP contribution in [0.4, 0.5) is 0 Å². The number of aliphatic hydroxyl groups is 1. The maximum absolute atomic E-state index is 12.1. The average Bonchev–Trinajstić information content (AvgIpc) is 2.99. The summed E-state index contributed by atoms with van der Waals surface area (Å²) in [6.45, 7) is 8.85. The molecule has 4 nitrogen and oxygen atoms in total. The van der Waals surface area contributed by atoms with Crippen LogP contribution >= 0.6 is 0 Å². The van der Waals surface area contributed by atoms with Crippen LogP contribution in [0.25, 0.3) is 0 Å². The zero-order valence-electron chi connectivity index (χ0n) is 18.4. The minimum atomic E-state index is -0.413. The largest absolute Gasteiger partial charge is 0.393 e. The molecule has 4 aliphatic rings. The number of amides is 1. The Morgan fingerprint density at radius 3 is 2.36 bits per heavy atom. The molecule has 4 aliphatic carbocycles. The zero-order valence-corrected chi connectivity index (χ0v) is 18.4. The second kappa shape index (κ2) is 7.27. The van der Waals surface area contributed by atoms with Crippen LogP contribution in [-0.4, -0.2) is 29.2 Å². The first-order valence-electron chi connectivity index (χ1n) is 11.9. The van der Waals surface area contributed by atoms with Crippen molar-refractivity contribution in [1.29, 1.82) is 0 Å². The van der Waals surface area contributed by atoms with Gasteiger partial charge in [0.15, 0.2) is 0 Å². The minimum absolute atomic E-state index is 0.00541. The van der Waals surface area contributed by atoms with Crippen LogP contribution in [0.15, 0.2) is 0 Å². The number of carbonyl (C=O) groups is 1. The highest BCUT2D eigenvalue weighted by Gasteiger charge is 2.60. The summed E-state index contributed by atoms with van der Waals surface area (Å²) in [5.74, 6) is 3.72. The average molecular weight is 391 g/mol. The molecule has 0 heterocycles. The third-order valence-corrected chi connectivity index (χ3v) is 10.1. The number of nitrogens with one attached hydrogen (secondary N) is 1. The van der Waals surface area contributed by atoms with Crippen LogP contribution in [0.2, 0.25) is 0 Å². The Kier molecular flexibility index (Phi) is 5.36. The van der Waals surface area contributed by atoms with Gasteiger partial charge in [-0.05, 0) is 112 Å². The number of aliphatic hydroxyl groups excluding tert-OH is 1. The van der Waals surface area contributed by atoms with Gasteiger partial charge in [0.1, 0.15) is 0 Å². The molecule has 10 atom stereocenters. The lowest BCUT2D eigenvalue weighted by Gasteiger charge is -2.61. The van der Waals surface area contributed by atoms with Gasteiger partial charge in [0.05, 0.1) is 12.1 Å². The predicted molar refractivity (Wildman–Crippen MR) is 112 cm³/mol. The number of carbonyl (C=O) groups excluding carboxylic acids is 1. The van der Waals surface area contributed by atoms with Crippen LogP contribution in [-0.2, 0) is 4.79 Å². The van der Waals surface area contributed by atoms with E-state index < -0.39 is 6.04 Å². The number of hydrogen-bond donors (Lipinski definition) is 3. The Balaban J connectivity index is 1.48. The summed E-state index contributed by atoms with van der Waals surface area (Å²) in [7, 11) is 0. The fraction of sp³-hybridized carbons (Fsp3) is 0.958. The summed E-state index contributed by atoms with van der Waals surface area (Å²) in [5.41, 5.74) is 6.54. The molecule has 4 rings (SSSR count). The van der Waals surface area contributed by atoms with E-state index in [-0.39, 0.29) is 12.0 Å². The van der Waals surface area contributed by atoms with Gasteiger partial charge in [-0.15, -0.1) is 0 Å². The van der Waals surface area contributed by atoms with Gasteiger partial charge < -0.3 is 16.2 Å². The van der Waals surface area contributed by atoms with E-state index in [1.54, 1.807) is 6.92 Å². The number of hydrogen-bond acceptors (Lipinski definition) is 3. The second-order valence-electron chi connectivity index (χ2n) is 11.4. The summed E-state index contributed by atoms with van der Waals surface area (Å²) < 4.78 is 0. The van der Waals surface area contributed by atoms with Crippen LogP contribution in [0.1, 0.15) is 85.5 Å². The molecular weight excluding hydrogens is 348 g/mol. The van der Waals surface area contributed by atoms with Gasteiger partial charge in [-0.2, -0.15) is 0 Å². The standard InChI is InChI=1S/C24H42N2O2/c1-14(25)22(28)26-17-9-11-23(3)16(13-17)5-6-18-20-8-7-19(15(2)27)24(20,4)12-10-21(18)23/h14-21,27H,5-13,25H2,1-4H3,(H,26,28)/t14-,15-,16-,17+,18?,19+,20?,21?,23-,24+/m0/s1. The van der Waals surface area contributed by atoms with E-state index in [9.17, 15) is 9.90 Å². The third-order valence-electron chi connectivity index (χ3n) is 10.1.